The highest BCUT2D eigenvalue weighted by Gasteiger charge is 2.37. The van der Waals surface area contributed by atoms with Crippen molar-refractivity contribution in [3.05, 3.63) is 0 Å². The lowest BCUT2D eigenvalue weighted by Gasteiger charge is -2.27. The van der Waals surface area contributed by atoms with Gasteiger partial charge in [0.15, 0.2) is 0 Å². The first-order valence-corrected chi connectivity index (χ1v) is 5.58. The smallest absolute Gasteiger partial charge is 0.410 e. The Bertz CT molecular complexity index is 309. The molecule has 98 valence electrons. The van der Waals surface area contributed by atoms with E-state index in [0.29, 0.717) is 0 Å². The standard InChI is InChI=1S/C11H19NO5/c1-11(2,3)17-10(16)12-6-8(13)4-7(12)5-9(14)15/h7-8,13H,4-6H2,1-3H3,(H,14,15)/t7?,8-/m0/s1. The summed E-state index contributed by atoms with van der Waals surface area (Å²) < 4.78 is 5.16. The normalized spacial score (nSPS) is 24.8. The summed E-state index contributed by atoms with van der Waals surface area (Å²) in [6, 6.07) is -0.489. The first-order chi connectivity index (χ1) is 7.69. The zero-order chi connectivity index (χ0) is 13.2. The van der Waals surface area contributed by atoms with Crippen LogP contribution in [0.5, 0.6) is 0 Å². The van der Waals surface area contributed by atoms with E-state index in [2.05, 4.69) is 0 Å². The minimum absolute atomic E-state index is 0.132. The number of β-amino-alcohol motifs (C(OH)–C–C–N with tert-alkyl or cyclic N) is 1. The van der Waals surface area contributed by atoms with Crippen LogP contribution in [-0.4, -0.2) is 51.5 Å². The monoisotopic (exact) mass is 245 g/mol. The second-order valence-electron chi connectivity index (χ2n) is 5.27. The molecule has 1 fully saturated rings. The average molecular weight is 245 g/mol. The molecular formula is C11H19NO5. The molecule has 6 nitrogen and oxygen atoms in total. The Morgan fingerprint density at radius 2 is 2.00 bits per heavy atom. The fourth-order valence-corrected chi connectivity index (χ4v) is 1.83. The first kappa shape index (κ1) is 13.8. The number of nitrogens with zero attached hydrogens (tertiary/aromatic N) is 1. The third-order valence-corrected chi connectivity index (χ3v) is 2.43. The summed E-state index contributed by atoms with van der Waals surface area (Å²) in [5.41, 5.74) is -0.627. The molecule has 17 heavy (non-hydrogen) atoms. The van der Waals surface area contributed by atoms with Crippen molar-refractivity contribution in [2.24, 2.45) is 0 Å². The van der Waals surface area contributed by atoms with E-state index in [1.807, 2.05) is 0 Å². The summed E-state index contributed by atoms with van der Waals surface area (Å²) in [5, 5.41) is 18.2. The van der Waals surface area contributed by atoms with E-state index >= 15 is 0 Å². The lowest BCUT2D eigenvalue weighted by atomic mass is 10.1. The molecule has 0 radical (unpaired) electrons. The predicted molar refractivity (Wildman–Crippen MR) is 59.6 cm³/mol. The number of carboxylic acid groups (broad SMARTS) is 1. The largest absolute Gasteiger partial charge is 0.481 e. The molecule has 0 aliphatic carbocycles. The summed E-state index contributed by atoms with van der Waals surface area (Å²) in [6.45, 7) is 5.35. The molecule has 1 amide bonds. The Hall–Kier alpha value is -1.30. The summed E-state index contributed by atoms with van der Waals surface area (Å²) in [6.07, 6.45) is -1.13. The van der Waals surface area contributed by atoms with Crippen molar-refractivity contribution >= 4 is 12.1 Å². The topological polar surface area (TPSA) is 87.1 Å². The molecule has 1 aliphatic heterocycles. The van der Waals surface area contributed by atoms with Gasteiger partial charge in [0.2, 0.25) is 0 Å². The van der Waals surface area contributed by atoms with Crippen LogP contribution < -0.4 is 0 Å². The van der Waals surface area contributed by atoms with Crippen LogP contribution in [0.15, 0.2) is 0 Å². The molecule has 0 aromatic carbocycles. The Kier molecular flexibility index (Phi) is 3.98. The fraction of sp³-hybridized carbons (Fsp3) is 0.818. The molecule has 0 bridgehead atoms. The number of carbonyl (C=O) groups is 2. The second-order valence-corrected chi connectivity index (χ2v) is 5.27. The Balaban J connectivity index is 2.66. The predicted octanol–water partition coefficient (Wildman–Crippen LogP) is 0.831. The van der Waals surface area contributed by atoms with Gasteiger partial charge in [-0.15, -0.1) is 0 Å². The molecule has 0 aromatic rings. The quantitative estimate of drug-likeness (QED) is 0.752. The minimum Gasteiger partial charge on any atom is -0.481 e. The van der Waals surface area contributed by atoms with E-state index in [0.717, 1.165) is 0 Å². The van der Waals surface area contributed by atoms with Crippen molar-refractivity contribution in [2.45, 2.75) is 51.4 Å². The Labute approximate surface area is 100 Å². The number of aliphatic hydroxyl groups is 1. The molecular weight excluding hydrogens is 226 g/mol. The lowest BCUT2D eigenvalue weighted by Crippen LogP contribution is -2.41. The number of amides is 1. The highest BCUT2D eigenvalue weighted by molar-refractivity contribution is 5.72. The van der Waals surface area contributed by atoms with Gasteiger partial charge in [-0.25, -0.2) is 4.79 Å². The number of likely N-dealkylation sites (tertiary alicyclic amines) is 1. The molecule has 0 spiro atoms. The van der Waals surface area contributed by atoms with Crippen molar-refractivity contribution in [3.63, 3.8) is 0 Å². The van der Waals surface area contributed by atoms with Gasteiger partial charge in [0.05, 0.1) is 19.1 Å². The summed E-state index contributed by atoms with van der Waals surface area (Å²) in [7, 11) is 0. The van der Waals surface area contributed by atoms with Gasteiger partial charge < -0.3 is 19.8 Å². The Morgan fingerprint density at radius 3 is 2.47 bits per heavy atom. The van der Waals surface area contributed by atoms with Gasteiger partial charge in [0.1, 0.15) is 5.60 Å². The zero-order valence-corrected chi connectivity index (χ0v) is 10.3. The van der Waals surface area contributed by atoms with Crippen LogP contribution in [0.4, 0.5) is 4.79 Å². The fourth-order valence-electron chi connectivity index (χ4n) is 1.83. The molecule has 0 saturated carbocycles. The van der Waals surface area contributed by atoms with Crippen LogP contribution in [-0.2, 0) is 9.53 Å². The second kappa shape index (κ2) is 4.91. The molecule has 6 heteroatoms. The van der Waals surface area contributed by atoms with E-state index in [1.165, 1.54) is 4.90 Å². The number of ether oxygens (including phenoxy) is 1. The lowest BCUT2D eigenvalue weighted by molar-refractivity contribution is -0.138. The number of carbonyl (C=O) groups excluding carboxylic acids is 1. The van der Waals surface area contributed by atoms with Crippen LogP contribution in [0.3, 0.4) is 0 Å². The zero-order valence-electron chi connectivity index (χ0n) is 10.3. The van der Waals surface area contributed by atoms with Crippen molar-refractivity contribution in [1.82, 2.24) is 4.90 Å². The average Bonchev–Trinajstić information content (AvgIpc) is 2.42. The molecule has 1 rings (SSSR count). The minimum atomic E-state index is -0.988. The van der Waals surface area contributed by atoms with Crippen molar-refractivity contribution < 1.29 is 24.5 Å². The summed E-state index contributed by atoms with van der Waals surface area (Å²) in [5.74, 6) is -0.988. The van der Waals surface area contributed by atoms with Gasteiger partial charge in [-0.1, -0.05) is 0 Å². The maximum Gasteiger partial charge on any atom is 0.410 e. The van der Waals surface area contributed by atoms with Crippen molar-refractivity contribution in [3.8, 4) is 0 Å². The van der Waals surface area contributed by atoms with Gasteiger partial charge in [-0.05, 0) is 27.2 Å². The van der Waals surface area contributed by atoms with Crippen LogP contribution in [0.2, 0.25) is 0 Å². The van der Waals surface area contributed by atoms with E-state index in [9.17, 15) is 14.7 Å². The maximum absolute atomic E-state index is 11.8. The molecule has 1 saturated heterocycles. The number of hydrogen-bond acceptors (Lipinski definition) is 4. The summed E-state index contributed by atoms with van der Waals surface area (Å²) >= 11 is 0. The van der Waals surface area contributed by atoms with Gasteiger partial charge in [0.25, 0.3) is 0 Å². The van der Waals surface area contributed by atoms with Gasteiger partial charge in [0, 0.05) is 6.04 Å². The molecule has 1 aliphatic rings. The van der Waals surface area contributed by atoms with E-state index < -0.39 is 29.8 Å². The van der Waals surface area contributed by atoms with Crippen LogP contribution in [0, 0.1) is 0 Å². The van der Waals surface area contributed by atoms with Gasteiger partial charge in [-0.3, -0.25) is 4.79 Å². The highest BCUT2D eigenvalue weighted by atomic mass is 16.6. The number of hydrogen-bond donors (Lipinski definition) is 2. The molecule has 1 unspecified atom stereocenters. The van der Waals surface area contributed by atoms with Crippen LogP contribution >= 0.6 is 0 Å². The van der Waals surface area contributed by atoms with E-state index in [1.54, 1.807) is 20.8 Å². The summed E-state index contributed by atoms with van der Waals surface area (Å²) in [4.78, 5) is 23.7. The molecule has 2 N–H and O–H groups in total. The van der Waals surface area contributed by atoms with E-state index in [-0.39, 0.29) is 19.4 Å². The number of carboxylic acids is 1. The third kappa shape index (κ3) is 4.22. The van der Waals surface area contributed by atoms with Crippen LogP contribution in [0.25, 0.3) is 0 Å². The molecule has 2 atom stereocenters. The number of aliphatic carboxylic acids is 1. The Morgan fingerprint density at radius 1 is 1.41 bits per heavy atom. The van der Waals surface area contributed by atoms with Gasteiger partial charge >= 0.3 is 12.1 Å². The van der Waals surface area contributed by atoms with Crippen LogP contribution in [0.1, 0.15) is 33.6 Å². The van der Waals surface area contributed by atoms with Crippen molar-refractivity contribution in [2.75, 3.05) is 6.54 Å². The first-order valence-electron chi connectivity index (χ1n) is 5.58. The highest BCUT2D eigenvalue weighted by Crippen LogP contribution is 2.23. The third-order valence-electron chi connectivity index (χ3n) is 2.43. The van der Waals surface area contributed by atoms with E-state index in [4.69, 9.17) is 9.84 Å². The SMILES string of the molecule is CC(C)(C)OC(=O)N1C[C@@H](O)CC1CC(=O)O. The number of rotatable bonds is 2. The molecule has 1 heterocycles. The van der Waals surface area contributed by atoms with Gasteiger partial charge in [-0.2, -0.15) is 0 Å². The van der Waals surface area contributed by atoms with Crippen molar-refractivity contribution in [1.29, 1.82) is 0 Å². The maximum atomic E-state index is 11.8. The molecule has 0 aromatic heterocycles. The number of aliphatic hydroxyl groups excluding tert-OH is 1.